The van der Waals surface area contributed by atoms with Gasteiger partial charge in [0.25, 0.3) is 0 Å². The van der Waals surface area contributed by atoms with Gasteiger partial charge in [0.2, 0.25) is 10.0 Å². The van der Waals surface area contributed by atoms with E-state index in [1.807, 2.05) is 0 Å². The van der Waals surface area contributed by atoms with E-state index < -0.39 is 10.0 Å². The lowest BCUT2D eigenvalue weighted by molar-refractivity contribution is 0.199. The van der Waals surface area contributed by atoms with Crippen LogP contribution in [0.5, 0.6) is 0 Å². The van der Waals surface area contributed by atoms with E-state index in [1.165, 1.54) is 0 Å². The molecule has 1 unspecified atom stereocenters. The molecule has 0 saturated heterocycles. The third-order valence-corrected chi connectivity index (χ3v) is 4.02. The Hall–Kier alpha value is -0.170. The summed E-state index contributed by atoms with van der Waals surface area (Å²) in [4.78, 5) is 0. The van der Waals surface area contributed by atoms with Crippen LogP contribution in [0, 0.1) is 5.92 Å². The Morgan fingerprint density at radius 3 is 2.59 bits per heavy atom. The highest BCUT2D eigenvalue weighted by Crippen LogP contribution is 2.09. The minimum Gasteiger partial charge on any atom is -0.396 e. The fraction of sp³-hybridized carbons (Fsp3) is 1.00. The molecule has 0 heterocycles. The Balaban J connectivity index is 3.95. The maximum Gasteiger partial charge on any atom is 0.211 e. The summed E-state index contributed by atoms with van der Waals surface area (Å²) in [6.45, 7) is 3.03. The van der Waals surface area contributed by atoms with Crippen molar-refractivity contribution in [1.29, 1.82) is 0 Å². The van der Waals surface area contributed by atoms with Gasteiger partial charge in [0.15, 0.2) is 0 Å². The molecule has 0 aromatic heterocycles. The first-order valence-electron chi connectivity index (χ1n) is 6.12. The number of hydrogen-bond donors (Lipinski definition) is 2. The van der Waals surface area contributed by atoms with Crippen LogP contribution in [-0.4, -0.2) is 46.1 Å². The smallest absolute Gasteiger partial charge is 0.211 e. The monoisotopic (exact) mass is 267 g/mol. The van der Waals surface area contributed by atoms with Gasteiger partial charge in [-0.15, -0.1) is 0 Å². The lowest BCUT2D eigenvalue weighted by atomic mass is 10.0. The van der Waals surface area contributed by atoms with Gasteiger partial charge in [-0.25, -0.2) is 13.1 Å². The third kappa shape index (κ3) is 9.52. The second kappa shape index (κ2) is 9.82. The van der Waals surface area contributed by atoms with Crippen molar-refractivity contribution in [3.8, 4) is 0 Å². The lowest BCUT2D eigenvalue weighted by Crippen LogP contribution is -2.32. The second-order valence-electron chi connectivity index (χ2n) is 4.18. The van der Waals surface area contributed by atoms with Crippen molar-refractivity contribution in [2.24, 2.45) is 5.92 Å². The number of rotatable bonds is 11. The van der Waals surface area contributed by atoms with Gasteiger partial charge < -0.3 is 9.84 Å². The van der Waals surface area contributed by atoms with Gasteiger partial charge in [0.1, 0.15) is 0 Å². The van der Waals surface area contributed by atoms with E-state index in [-0.39, 0.29) is 18.3 Å². The van der Waals surface area contributed by atoms with E-state index in [4.69, 9.17) is 9.84 Å². The van der Waals surface area contributed by atoms with Gasteiger partial charge in [-0.2, -0.15) is 0 Å². The third-order valence-electron chi connectivity index (χ3n) is 2.59. The van der Waals surface area contributed by atoms with Crippen molar-refractivity contribution in [3.05, 3.63) is 0 Å². The van der Waals surface area contributed by atoms with Crippen LogP contribution in [0.3, 0.4) is 0 Å². The topological polar surface area (TPSA) is 75.6 Å². The second-order valence-corrected chi connectivity index (χ2v) is 6.11. The average molecular weight is 267 g/mol. The first kappa shape index (κ1) is 16.8. The summed E-state index contributed by atoms with van der Waals surface area (Å²) in [5.74, 6) is 0.320. The molecule has 0 aliphatic carbocycles. The number of aliphatic hydroxyl groups excluding tert-OH is 1. The lowest BCUT2D eigenvalue weighted by Gasteiger charge is -2.15. The van der Waals surface area contributed by atoms with Crippen molar-refractivity contribution >= 4 is 10.0 Å². The molecule has 0 aliphatic heterocycles. The van der Waals surface area contributed by atoms with E-state index in [2.05, 4.69) is 11.6 Å². The first-order valence-corrected chi connectivity index (χ1v) is 7.78. The molecule has 2 N–H and O–H groups in total. The van der Waals surface area contributed by atoms with Crippen molar-refractivity contribution < 1.29 is 18.3 Å². The molecule has 0 aromatic carbocycles. The number of nitrogens with one attached hydrogen (secondary N) is 1. The zero-order chi connectivity index (χ0) is 13.1. The molecular weight excluding hydrogens is 242 g/mol. The summed E-state index contributed by atoms with van der Waals surface area (Å²) in [5, 5.41) is 8.87. The van der Waals surface area contributed by atoms with Crippen LogP contribution >= 0.6 is 0 Å². The van der Waals surface area contributed by atoms with Gasteiger partial charge in [-0.05, 0) is 25.2 Å². The zero-order valence-corrected chi connectivity index (χ0v) is 11.6. The summed E-state index contributed by atoms with van der Waals surface area (Å²) in [7, 11) is -1.64. The number of hydrogen-bond acceptors (Lipinski definition) is 4. The molecule has 0 rings (SSSR count). The van der Waals surface area contributed by atoms with Crippen molar-refractivity contribution in [1.82, 2.24) is 4.72 Å². The largest absolute Gasteiger partial charge is 0.396 e. The highest BCUT2D eigenvalue weighted by Gasteiger charge is 2.13. The minimum absolute atomic E-state index is 0.0960. The molecule has 104 valence electrons. The molecule has 0 bridgehead atoms. The van der Waals surface area contributed by atoms with E-state index in [1.54, 1.807) is 7.11 Å². The average Bonchev–Trinajstić information content (AvgIpc) is 2.27. The van der Waals surface area contributed by atoms with Crippen molar-refractivity contribution in [2.75, 3.05) is 32.6 Å². The summed E-state index contributed by atoms with van der Waals surface area (Å²) in [6, 6.07) is 0. The molecule has 1 atom stereocenters. The number of sulfonamides is 1. The van der Waals surface area contributed by atoms with E-state index in [0.717, 1.165) is 12.8 Å². The molecule has 17 heavy (non-hydrogen) atoms. The van der Waals surface area contributed by atoms with Crippen LogP contribution in [0.2, 0.25) is 0 Å². The Kier molecular flexibility index (Phi) is 9.72. The van der Waals surface area contributed by atoms with Gasteiger partial charge in [0, 0.05) is 26.9 Å². The fourth-order valence-electron chi connectivity index (χ4n) is 1.65. The van der Waals surface area contributed by atoms with Crippen LogP contribution in [0.25, 0.3) is 0 Å². The predicted molar refractivity (Wildman–Crippen MR) is 68.4 cm³/mol. The Morgan fingerprint density at radius 2 is 2.06 bits per heavy atom. The SMILES string of the molecule is CCCC(CCO)CNS(=O)(=O)CCCOC. The van der Waals surface area contributed by atoms with Gasteiger partial charge in [0.05, 0.1) is 5.75 Å². The van der Waals surface area contributed by atoms with Crippen LogP contribution in [0.4, 0.5) is 0 Å². The molecular formula is C11H25NO4S. The summed E-state index contributed by atoms with van der Waals surface area (Å²) in [5.41, 5.74) is 0. The van der Waals surface area contributed by atoms with E-state index >= 15 is 0 Å². The summed E-state index contributed by atoms with van der Waals surface area (Å²) >= 11 is 0. The maximum atomic E-state index is 11.6. The first-order chi connectivity index (χ1) is 8.05. The van der Waals surface area contributed by atoms with Crippen LogP contribution in [0.15, 0.2) is 0 Å². The Bertz CT molecular complexity index is 261. The molecule has 0 amide bonds. The molecule has 0 radical (unpaired) electrons. The highest BCUT2D eigenvalue weighted by atomic mass is 32.2. The van der Waals surface area contributed by atoms with E-state index in [0.29, 0.717) is 26.0 Å². The summed E-state index contributed by atoms with van der Waals surface area (Å²) in [6.07, 6.45) is 3.08. The minimum atomic E-state index is -3.20. The molecule has 0 spiro atoms. The van der Waals surface area contributed by atoms with Gasteiger partial charge >= 0.3 is 0 Å². The number of methoxy groups -OCH3 is 1. The van der Waals surface area contributed by atoms with Crippen LogP contribution in [0.1, 0.15) is 32.6 Å². The molecule has 0 aromatic rings. The maximum absolute atomic E-state index is 11.6. The Morgan fingerprint density at radius 1 is 1.35 bits per heavy atom. The standard InChI is InChI=1S/C11H25NO4S/c1-3-5-11(6-7-13)10-12-17(14,15)9-4-8-16-2/h11-13H,3-10H2,1-2H3. The Labute approximate surface area is 105 Å². The van der Waals surface area contributed by atoms with Gasteiger partial charge in [-0.3, -0.25) is 0 Å². The highest BCUT2D eigenvalue weighted by molar-refractivity contribution is 7.89. The van der Waals surface area contributed by atoms with Gasteiger partial charge in [-0.1, -0.05) is 13.3 Å². The molecule has 5 nitrogen and oxygen atoms in total. The number of aliphatic hydroxyl groups is 1. The van der Waals surface area contributed by atoms with Crippen LogP contribution < -0.4 is 4.72 Å². The van der Waals surface area contributed by atoms with Crippen molar-refractivity contribution in [3.63, 3.8) is 0 Å². The molecule has 6 heteroatoms. The molecule has 0 saturated carbocycles. The molecule has 0 fully saturated rings. The predicted octanol–water partition coefficient (Wildman–Crippen LogP) is 0.741. The fourth-order valence-corrected chi connectivity index (χ4v) is 2.78. The molecule has 0 aliphatic rings. The zero-order valence-electron chi connectivity index (χ0n) is 10.8. The number of ether oxygens (including phenoxy) is 1. The summed E-state index contributed by atoms with van der Waals surface area (Å²) < 4.78 is 30.6. The van der Waals surface area contributed by atoms with Crippen LogP contribution in [-0.2, 0) is 14.8 Å². The quantitative estimate of drug-likeness (QED) is 0.541. The van der Waals surface area contributed by atoms with E-state index in [9.17, 15) is 8.42 Å². The van der Waals surface area contributed by atoms with Crippen molar-refractivity contribution in [2.45, 2.75) is 32.6 Å². The normalized spacial score (nSPS) is 13.8.